The highest BCUT2D eigenvalue weighted by atomic mass is 32.2. The first-order chi connectivity index (χ1) is 7.22. The Morgan fingerprint density at radius 2 is 1.93 bits per heavy atom. The number of nitrogens with zero attached hydrogens (tertiary/aromatic N) is 1. The van der Waals surface area contributed by atoms with Crippen molar-refractivity contribution < 1.29 is 0 Å². The second-order valence-electron chi connectivity index (χ2n) is 5.07. The minimum absolute atomic E-state index is 0.477. The van der Waals surface area contributed by atoms with Crippen LogP contribution in [0.1, 0.15) is 39.5 Å². The Bertz CT molecular complexity index is 196. The van der Waals surface area contributed by atoms with Crippen molar-refractivity contribution in [1.82, 2.24) is 4.90 Å². The van der Waals surface area contributed by atoms with Crippen molar-refractivity contribution in [2.24, 2.45) is 5.73 Å². The molecule has 2 rings (SSSR count). The summed E-state index contributed by atoms with van der Waals surface area (Å²) in [6.07, 6.45) is 5.24. The van der Waals surface area contributed by atoms with E-state index in [0.717, 1.165) is 18.1 Å². The summed E-state index contributed by atoms with van der Waals surface area (Å²) in [5.74, 6) is 2.53. The van der Waals surface area contributed by atoms with E-state index in [9.17, 15) is 0 Å². The van der Waals surface area contributed by atoms with Crippen LogP contribution in [0.25, 0.3) is 0 Å². The summed E-state index contributed by atoms with van der Waals surface area (Å²) < 4.78 is 0. The molecule has 2 aliphatic rings. The molecule has 2 heterocycles. The van der Waals surface area contributed by atoms with Gasteiger partial charge in [0.05, 0.1) is 0 Å². The van der Waals surface area contributed by atoms with E-state index in [0.29, 0.717) is 6.04 Å². The Kier molecular flexibility index (Phi) is 3.97. The van der Waals surface area contributed by atoms with E-state index in [-0.39, 0.29) is 0 Å². The molecule has 0 amide bonds. The van der Waals surface area contributed by atoms with E-state index >= 15 is 0 Å². The van der Waals surface area contributed by atoms with Crippen LogP contribution in [0.3, 0.4) is 0 Å². The van der Waals surface area contributed by atoms with Gasteiger partial charge in [0, 0.05) is 29.9 Å². The zero-order valence-corrected chi connectivity index (χ0v) is 10.8. The van der Waals surface area contributed by atoms with Crippen molar-refractivity contribution in [3.8, 4) is 0 Å². The molecule has 0 aromatic rings. The van der Waals surface area contributed by atoms with Crippen molar-refractivity contribution in [2.75, 3.05) is 11.5 Å². The predicted molar refractivity (Wildman–Crippen MR) is 68.3 cm³/mol. The molecule has 15 heavy (non-hydrogen) atoms. The topological polar surface area (TPSA) is 29.3 Å². The largest absolute Gasteiger partial charge is 0.328 e. The van der Waals surface area contributed by atoms with Gasteiger partial charge >= 0.3 is 0 Å². The van der Waals surface area contributed by atoms with Crippen LogP contribution in [0.4, 0.5) is 0 Å². The molecule has 3 unspecified atom stereocenters. The Morgan fingerprint density at radius 1 is 1.33 bits per heavy atom. The molecular formula is C12H24N2S. The maximum absolute atomic E-state index is 6.09. The van der Waals surface area contributed by atoms with Crippen LogP contribution in [-0.2, 0) is 0 Å². The number of thioether (sulfide) groups is 1. The van der Waals surface area contributed by atoms with Gasteiger partial charge in [0.25, 0.3) is 0 Å². The third-order valence-corrected chi connectivity index (χ3v) is 5.02. The van der Waals surface area contributed by atoms with Gasteiger partial charge < -0.3 is 5.73 Å². The molecule has 3 atom stereocenters. The molecule has 88 valence electrons. The van der Waals surface area contributed by atoms with Gasteiger partial charge in [0.2, 0.25) is 0 Å². The summed E-state index contributed by atoms with van der Waals surface area (Å²) in [6, 6.07) is 2.82. The molecule has 2 N–H and O–H groups in total. The molecule has 2 nitrogen and oxygen atoms in total. The normalized spacial score (nSPS) is 38.2. The standard InChI is InChI=1S/C12H24N2S/c1-3-15-8-9(2)14-11-4-5-12(14)7-10(13)6-11/h9-12H,3-8,13H2,1-2H3. The summed E-state index contributed by atoms with van der Waals surface area (Å²) in [4.78, 5) is 2.77. The van der Waals surface area contributed by atoms with E-state index in [1.807, 2.05) is 0 Å². The summed E-state index contributed by atoms with van der Waals surface area (Å²) >= 11 is 2.07. The van der Waals surface area contributed by atoms with Crippen molar-refractivity contribution >= 4 is 11.8 Å². The highest BCUT2D eigenvalue weighted by molar-refractivity contribution is 7.99. The van der Waals surface area contributed by atoms with E-state index in [4.69, 9.17) is 5.73 Å². The lowest BCUT2D eigenvalue weighted by atomic mass is 9.97. The quantitative estimate of drug-likeness (QED) is 0.799. The Labute approximate surface area is 98.0 Å². The fourth-order valence-electron chi connectivity index (χ4n) is 3.35. The second kappa shape index (κ2) is 5.07. The molecule has 2 fully saturated rings. The fraction of sp³-hybridized carbons (Fsp3) is 1.00. The number of fused-ring (bicyclic) bond motifs is 2. The maximum Gasteiger partial charge on any atom is 0.0163 e. The van der Waals surface area contributed by atoms with Crippen molar-refractivity contribution in [3.63, 3.8) is 0 Å². The minimum Gasteiger partial charge on any atom is -0.328 e. The first kappa shape index (κ1) is 11.7. The van der Waals surface area contributed by atoms with Gasteiger partial charge in [-0.25, -0.2) is 0 Å². The smallest absolute Gasteiger partial charge is 0.0163 e. The molecule has 2 aliphatic heterocycles. The Balaban J connectivity index is 1.92. The molecule has 0 spiro atoms. The lowest BCUT2D eigenvalue weighted by Gasteiger charge is -2.41. The SMILES string of the molecule is CCSCC(C)N1C2CCC1CC(N)C2. The lowest BCUT2D eigenvalue weighted by Crippen LogP contribution is -2.51. The van der Waals surface area contributed by atoms with Crippen LogP contribution in [0.2, 0.25) is 0 Å². The minimum atomic E-state index is 0.477. The summed E-state index contributed by atoms with van der Waals surface area (Å²) in [5, 5.41) is 0. The van der Waals surface area contributed by atoms with E-state index < -0.39 is 0 Å². The van der Waals surface area contributed by atoms with Gasteiger partial charge in [-0.05, 0) is 38.4 Å². The monoisotopic (exact) mass is 228 g/mol. The maximum atomic E-state index is 6.09. The fourth-order valence-corrected chi connectivity index (χ4v) is 4.10. The van der Waals surface area contributed by atoms with E-state index in [1.165, 1.54) is 37.2 Å². The molecule has 0 aromatic carbocycles. The van der Waals surface area contributed by atoms with Gasteiger partial charge in [0.1, 0.15) is 0 Å². The third-order valence-electron chi connectivity index (χ3n) is 3.90. The molecule has 0 radical (unpaired) electrons. The molecule has 2 saturated heterocycles. The van der Waals surface area contributed by atoms with E-state index in [2.05, 4.69) is 30.5 Å². The molecule has 0 aromatic heterocycles. The second-order valence-corrected chi connectivity index (χ2v) is 6.39. The first-order valence-corrected chi connectivity index (χ1v) is 7.48. The van der Waals surface area contributed by atoms with Crippen molar-refractivity contribution in [1.29, 1.82) is 0 Å². The van der Waals surface area contributed by atoms with Gasteiger partial charge in [0.15, 0.2) is 0 Å². The number of piperidine rings is 1. The molecule has 2 bridgehead atoms. The summed E-state index contributed by atoms with van der Waals surface area (Å²) in [6.45, 7) is 4.64. The van der Waals surface area contributed by atoms with E-state index in [1.54, 1.807) is 0 Å². The number of hydrogen-bond acceptors (Lipinski definition) is 3. The zero-order chi connectivity index (χ0) is 10.8. The van der Waals surface area contributed by atoms with Gasteiger partial charge in [-0.3, -0.25) is 4.90 Å². The Hall–Kier alpha value is 0.270. The molecule has 0 saturated carbocycles. The van der Waals surface area contributed by atoms with Crippen LogP contribution in [-0.4, -0.2) is 40.6 Å². The van der Waals surface area contributed by atoms with Gasteiger partial charge in [-0.1, -0.05) is 6.92 Å². The zero-order valence-electron chi connectivity index (χ0n) is 9.98. The van der Waals surface area contributed by atoms with Crippen LogP contribution in [0.15, 0.2) is 0 Å². The molecular weight excluding hydrogens is 204 g/mol. The van der Waals surface area contributed by atoms with Gasteiger partial charge in [-0.2, -0.15) is 11.8 Å². The highest BCUT2D eigenvalue weighted by Gasteiger charge is 2.41. The van der Waals surface area contributed by atoms with Crippen LogP contribution < -0.4 is 5.73 Å². The number of rotatable bonds is 4. The van der Waals surface area contributed by atoms with Crippen LogP contribution >= 0.6 is 11.8 Å². The predicted octanol–water partition coefficient (Wildman–Crippen LogP) is 2.08. The highest BCUT2D eigenvalue weighted by Crippen LogP contribution is 2.37. The average molecular weight is 228 g/mol. The Morgan fingerprint density at radius 3 is 2.47 bits per heavy atom. The van der Waals surface area contributed by atoms with Crippen molar-refractivity contribution in [2.45, 2.75) is 63.7 Å². The lowest BCUT2D eigenvalue weighted by molar-refractivity contribution is 0.0958. The first-order valence-electron chi connectivity index (χ1n) is 6.33. The van der Waals surface area contributed by atoms with Crippen molar-refractivity contribution in [3.05, 3.63) is 0 Å². The van der Waals surface area contributed by atoms with Crippen LogP contribution in [0.5, 0.6) is 0 Å². The summed E-state index contributed by atoms with van der Waals surface area (Å²) in [7, 11) is 0. The summed E-state index contributed by atoms with van der Waals surface area (Å²) in [5.41, 5.74) is 6.09. The molecule has 0 aliphatic carbocycles. The van der Waals surface area contributed by atoms with Gasteiger partial charge in [-0.15, -0.1) is 0 Å². The van der Waals surface area contributed by atoms with Crippen LogP contribution in [0, 0.1) is 0 Å². The average Bonchev–Trinajstić information content (AvgIpc) is 2.48. The molecule has 3 heteroatoms. The number of hydrogen-bond donors (Lipinski definition) is 1. The number of nitrogens with two attached hydrogens (primary N) is 1. The third kappa shape index (κ3) is 2.51.